The maximum absolute atomic E-state index is 11.9. The average molecular weight is 516 g/mol. The molecule has 0 aliphatic heterocycles. The number of carbonyl (C=O) groups excluding carboxylic acids is 3. The molecular formula is C28H45N5O4. The molecule has 1 fully saturated rings. The van der Waals surface area contributed by atoms with Gasteiger partial charge in [-0.1, -0.05) is 69.0 Å². The first kappa shape index (κ1) is 33.5. The number of allylic oxidation sites excluding steroid dienone is 1. The van der Waals surface area contributed by atoms with Crippen LogP contribution in [-0.4, -0.2) is 53.1 Å². The maximum atomic E-state index is 11.9. The molecule has 1 aromatic carbocycles. The zero-order chi connectivity index (χ0) is 27.7. The van der Waals surface area contributed by atoms with E-state index >= 15 is 0 Å². The minimum atomic E-state index is -0.0826. The highest BCUT2D eigenvalue weighted by molar-refractivity contribution is 5.79. The van der Waals surface area contributed by atoms with Crippen molar-refractivity contribution in [2.75, 3.05) is 18.9 Å². The topological polar surface area (TPSA) is 125 Å². The number of nitrogens with one attached hydrogen (secondary N) is 3. The van der Waals surface area contributed by atoms with Gasteiger partial charge in [-0.15, -0.1) is 6.58 Å². The lowest BCUT2D eigenvalue weighted by Gasteiger charge is -2.22. The van der Waals surface area contributed by atoms with Crippen LogP contribution >= 0.6 is 0 Å². The summed E-state index contributed by atoms with van der Waals surface area (Å²) in [6.07, 6.45) is 11.1. The number of anilines is 1. The number of carbonyl (C=O) groups is 3. The summed E-state index contributed by atoms with van der Waals surface area (Å²) < 4.78 is 1.43. The fourth-order valence-electron chi connectivity index (χ4n) is 3.35. The minimum absolute atomic E-state index is 0.0826. The third kappa shape index (κ3) is 16.8. The van der Waals surface area contributed by atoms with Gasteiger partial charge >= 0.3 is 0 Å². The largest absolute Gasteiger partial charge is 0.392 e. The molecule has 0 spiro atoms. The molecule has 2 aromatic rings. The van der Waals surface area contributed by atoms with Crippen molar-refractivity contribution >= 4 is 24.4 Å². The summed E-state index contributed by atoms with van der Waals surface area (Å²) in [7, 11) is 1.73. The Labute approximate surface area is 221 Å². The van der Waals surface area contributed by atoms with Crippen LogP contribution < -0.4 is 16.0 Å². The number of benzene rings is 1. The molecule has 0 atom stereocenters. The molecule has 0 unspecified atom stereocenters. The number of aldehydes is 1. The first-order valence-corrected chi connectivity index (χ1v) is 12.9. The van der Waals surface area contributed by atoms with Gasteiger partial charge in [0.2, 0.25) is 12.3 Å². The Morgan fingerprint density at radius 3 is 2.32 bits per heavy atom. The second-order valence-corrected chi connectivity index (χ2v) is 8.36. The Morgan fingerprint density at radius 2 is 1.84 bits per heavy atom. The summed E-state index contributed by atoms with van der Waals surface area (Å²) in [6.45, 7) is 8.39. The average Bonchev–Trinajstić information content (AvgIpc) is 3.33. The van der Waals surface area contributed by atoms with Gasteiger partial charge in [0.25, 0.3) is 0 Å². The van der Waals surface area contributed by atoms with Crippen LogP contribution in [0.4, 0.5) is 5.82 Å². The third-order valence-electron chi connectivity index (χ3n) is 5.24. The standard InChI is InChI=1S/C13H20N4O2.C7H8O.C5H11NO.C3H6/c1-14-12-7-11(9-18)17(16-12)8-13(19)15-10-5-3-2-4-6-10;8-6-7-4-2-1-3-5-7;1-2-3-4-6-5-7;1-3-2/h7,9-10H,2-6,8H2,1H3,(H,14,16)(H,15,19);1-5,8H,6H2;5H,2-4H2,1H3,(H,6,7);3H,1H2,2H3. The Morgan fingerprint density at radius 1 is 1.19 bits per heavy atom. The number of aliphatic hydroxyl groups excluding tert-OH is 1. The fourth-order valence-corrected chi connectivity index (χ4v) is 3.35. The van der Waals surface area contributed by atoms with Crippen molar-refractivity contribution in [1.29, 1.82) is 0 Å². The summed E-state index contributed by atoms with van der Waals surface area (Å²) in [4.78, 5) is 32.4. The number of unbranched alkanes of at least 4 members (excludes halogenated alkanes) is 1. The van der Waals surface area contributed by atoms with Crippen molar-refractivity contribution in [3.05, 3.63) is 60.3 Å². The highest BCUT2D eigenvalue weighted by atomic mass is 16.3. The Bertz CT molecular complexity index is 865. The van der Waals surface area contributed by atoms with E-state index in [1.165, 1.54) is 23.9 Å². The molecule has 0 saturated heterocycles. The van der Waals surface area contributed by atoms with E-state index in [0.29, 0.717) is 17.8 Å². The van der Waals surface area contributed by atoms with Gasteiger partial charge in [0.05, 0.1) is 6.61 Å². The molecule has 9 nitrogen and oxygen atoms in total. The number of hydrogen-bond donors (Lipinski definition) is 4. The van der Waals surface area contributed by atoms with Gasteiger partial charge in [-0.3, -0.25) is 19.1 Å². The number of aliphatic hydroxyl groups is 1. The molecule has 1 saturated carbocycles. The number of amides is 2. The predicted octanol–water partition coefficient (Wildman–Crippen LogP) is 4.09. The van der Waals surface area contributed by atoms with Gasteiger partial charge in [0.15, 0.2) is 6.29 Å². The van der Waals surface area contributed by atoms with E-state index in [4.69, 9.17) is 5.11 Å². The SMILES string of the molecule is C=CC.CCCCNC=O.CNc1cc(C=O)n(CC(=O)NC2CCCCC2)n1.OCc1ccccc1. The normalized spacial score (nSPS) is 12.1. The highest BCUT2D eigenvalue weighted by Gasteiger charge is 2.17. The number of aromatic nitrogens is 2. The van der Waals surface area contributed by atoms with Crippen LogP contribution in [0.15, 0.2) is 49.1 Å². The van der Waals surface area contributed by atoms with E-state index in [9.17, 15) is 14.4 Å². The molecule has 2 amide bonds. The molecule has 1 aromatic heterocycles. The Kier molecular flexibility index (Phi) is 20.8. The molecule has 1 heterocycles. The number of nitrogens with zero attached hydrogens (tertiary/aromatic N) is 2. The molecule has 1 aliphatic rings. The van der Waals surface area contributed by atoms with Crippen LogP contribution in [0.5, 0.6) is 0 Å². The molecule has 37 heavy (non-hydrogen) atoms. The lowest BCUT2D eigenvalue weighted by atomic mass is 9.95. The maximum Gasteiger partial charge on any atom is 0.241 e. The monoisotopic (exact) mass is 515 g/mol. The summed E-state index contributed by atoms with van der Waals surface area (Å²) >= 11 is 0. The van der Waals surface area contributed by atoms with Crippen molar-refractivity contribution < 1.29 is 19.5 Å². The van der Waals surface area contributed by atoms with Gasteiger partial charge in [-0.25, -0.2) is 0 Å². The molecule has 3 rings (SSSR count). The van der Waals surface area contributed by atoms with Crippen LogP contribution in [0.25, 0.3) is 0 Å². The fraction of sp³-hybridized carbons (Fsp3) is 0.500. The summed E-state index contributed by atoms with van der Waals surface area (Å²) in [5.41, 5.74) is 1.37. The van der Waals surface area contributed by atoms with Gasteiger partial charge in [0, 0.05) is 25.7 Å². The van der Waals surface area contributed by atoms with Crippen molar-refractivity contribution in [3.8, 4) is 0 Å². The summed E-state index contributed by atoms with van der Waals surface area (Å²) in [5, 5.41) is 21.1. The summed E-state index contributed by atoms with van der Waals surface area (Å²) in [6, 6.07) is 11.4. The zero-order valence-corrected chi connectivity index (χ0v) is 22.6. The van der Waals surface area contributed by atoms with E-state index in [1.54, 1.807) is 19.2 Å². The van der Waals surface area contributed by atoms with Crippen molar-refractivity contribution in [1.82, 2.24) is 20.4 Å². The van der Waals surface area contributed by atoms with Gasteiger partial charge in [-0.2, -0.15) is 5.10 Å². The molecule has 0 radical (unpaired) electrons. The zero-order valence-electron chi connectivity index (χ0n) is 22.6. The third-order valence-corrected chi connectivity index (χ3v) is 5.24. The van der Waals surface area contributed by atoms with E-state index in [-0.39, 0.29) is 25.1 Å². The molecule has 4 N–H and O–H groups in total. The Balaban J connectivity index is 0.000000592. The first-order chi connectivity index (χ1) is 18.0. The van der Waals surface area contributed by atoms with E-state index in [0.717, 1.165) is 44.2 Å². The predicted molar refractivity (Wildman–Crippen MR) is 149 cm³/mol. The minimum Gasteiger partial charge on any atom is -0.392 e. The smallest absolute Gasteiger partial charge is 0.241 e. The molecule has 1 aliphatic carbocycles. The van der Waals surface area contributed by atoms with Crippen LogP contribution in [0.2, 0.25) is 0 Å². The molecular weight excluding hydrogens is 470 g/mol. The van der Waals surface area contributed by atoms with Gasteiger partial charge in [0.1, 0.15) is 18.1 Å². The highest BCUT2D eigenvalue weighted by Crippen LogP contribution is 2.17. The quantitative estimate of drug-likeness (QED) is 0.215. The van der Waals surface area contributed by atoms with Gasteiger partial charge < -0.3 is 21.1 Å². The molecule has 206 valence electrons. The molecule has 0 bridgehead atoms. The first-order valence-electron chi connectivity index (χ1n) is 12.9. The van der Waals surface area contributed by atoms with Gasteiger partial charge in [-0.05, 0) is 31.7 Å². The summed E-state index contributed by atoms with van der Waals surface area (Å²) in [5.74, 6) is 0.508. The van der Waals surface area contributed by atoms with E-state index in [1.807, 2.05) is 37.3 Å². The van der Waals surface area contributed by atoms with Crippen LogP contribution in [0, 0.1) is 0 Å². The van der Waals surface area contributed by atoms with Crippen molar-refractivity contribution in [3.63, 3.8) is 0 Å². The number of hydrogen-bond acceptors (Lipinski definition) is 6. The second kappa shape index (κ2) is 23.0. The van der Waals surface area contributed by atoms with E-state index in [2.05, 4.69) is 34.6 Å². The van der Waals surface area contributed by atoms with Crippen molar-refractivity contribution in [2.45, 2.75) is 78.0 Å². The Hall–Kier alpha value is -3.46. The second-order valence-electron chi connectivity index (χ2n) is 8.36. The van der Waals surface area contributed by atoms with Crippen LogP contribution in [0.3, 0.4) is 0 Å². The van der Waals surface area contributed by atoms with Crippen molar-refractivity contribution in [2.24, 2.45) is 0 Å². The van der Waals surface area contributed by atoms with E-state index < -0.39 is 0 Å². The molecule has 9 heteroatoms. The lowest BCUT2D eigenvalue weighted by Crippen LogP contribution is -2.38. The lowest BCUT2D eigenvalue weighted by molar-refractivity contribution is -0.122. The van der Waals surface area contributed by atoms with Crippen LogP contribution in [-0.2, 0) is 22.7 Å². The van der Waals surface area contributed by atoms with Crippen LogP contribution in [0.1, 0.15) is 74.8 Å². The number of rotatable bonds is 10.